The molecule has 1 aliphatic heterocycles. The molecule has 6 nitrogen and oxygen atoms in total. The van der Waals surface area contributed by atoms with Crippen molar-refractivity contribution in [1.29, 1.82) is 0 Å². The summed E-state index contributed by atoms with van der Waals surface area (Å²) in [5.74, 6) is 0.784. The van der Waals surface area contributed by atoms with Crippen LogP contribution in [0.2, 0.25) is 0 Å². The van der Waals surface area contributed by atoms with Crippen molar-refractivity contribution in [2.45, 2.75) is 17.4 Å². The average Bonchev–Trinajstić information content (AvgIpc) is 2.87. The fourth-order valence-corrected chi connectivity index (χ4v) is 3.43. The first-order valence-corrected chi connectivity index (χ1v) is 8.42. The van der Waals surface area contributed by atoms with Gasteiger partial charge >= 0.3 is 29.6 Å². The van der Waals surface area contributed by atoms with E-state index in [1.807, 2.05) is 5.38 Å². The van der Waals surface area contributed by atoms with Gasteiger partial charge < -0.3 is 19.1 Å². The minimum absolute atomic E-state index is 0. The number of fused-ring (bicyclic) bond motifs is 1. The van der Waals surface area contributed by atoms with E-state index in [0.717, 1.165) is 6.07 Å². The van der Waals surface area contributed by atoms with Gasteiger partial charge in [0.2, 0.25) is 0 Å². The molecule has 0 fully saturated rings. The van der Waals surface area contributed by atoms with Gasteiger partial charge in [0.15, 0.2) is 11.5 Å². The number of thiophene rings is 1. The summed E-state index contributed by atoms with van der Waals surface area (Å²) < 4.78 is 44.4. The van der Waals surface area contributed by atoms with Gasteiger partial charge in [-0.15, -0.1) is 11.3 Å². The van der Waals surface area contributed by atoms with Crippen molar-refractivity contribution in [3.05, 3.63) is 34.5 Å². The fraction of sp³-hybridized carbons (Fsp3) is 0.231. The predicted octanol–water partition coefficient (Wildman–Crippen LogP) is -1.26. The molecular weight excluding hydrogens is 339 g/mol. The summed E-state index contributed by atoms with van der Waals surface area (Å²) in [5, 5.41) is 13.6. The summed E-state index contributed by atoms with van der Waals surface area (Å²) in [5.41, 5.74) is 0.333. The summed E-state index contributed by atoms with van der Waals surface area (Å²) in [7, 11) is -4.71. The molecule has 1 unspecified atom stereocenters. The summed E-state index contributed by atoms with van der Waals surface area (Å²) in [6.07, 6.45) is -0.118. The van der Waals surface area contributed by atoms with Crippen LogP contribution >= 0.6 is 11.3 Å². The van der Waals surface area contributed by atoms with E-state index >= 15 is 0 Å². The van der Waals surface area contributed by atoms with Crippen molar-refractivity contribution in [2.24, 2.45) is 0 Å². The maximum absolute atomic E-state index is 11.1. The molecule has 0 aliphatic carbocycles. The van der Waals surface area contributed by atoms with E-state index in [-0.39, 0.29) is 48.7 Å². The summed E-state index contributed by atoms with van der Waals surface area (Å²) in [6.45, 7) is 0.289. The molecular formula is C13H11NaO6S2. The predicted molar refractivity (Wildman–Crippen MR) is 74.0 cm³/mol. The van der Waals surface area contributed by atoms with Gasteiger partial charge in [-0.1, -0.05) is 12.1 Å². The second-order valence-corrected chi connectivity index (χ2v) is 6.66. The van der Waals surface area contributed by atoms with E-state index in [9.17, 15) is 18.1 Å². The van der Waals surface area contributed by atoms with E-state index in [1.54, 1.807) is 11.4 Å². The smallest absolute Gasteiger partial charge is 0.744 e. The molecule has 3 rings (SSSR count). The van der Waals surface area contributed by atoms with Crippen LogP contribution in [0.15, 0.2) is 33.9 Å². The van der Waals surface area contributed by atoms with Crippen LogP contribution < -0.4 is 39.0 Å². The maximum Gasteiger partial charge on any atom is 1.00 e. The van der Waals surface area contributed by atoms with E-state index in [1.165, 1.54) is 17.4 Å². The quantitative estimate of drug-likeness (QED) is 0.549. The normalized spacial score (nSPS) is 16.9. The molecule has 1 aliphatic rings. The maximum atomic E-state index is 11.1. The average molecular weight is 350 g/mol. The molecule has 0 radical (unpaired) electrons. The van der Waals surface area contributed by atoms with Gasteiger partial charge in [0.25, 0.3) is 0 Å². The molecule has 1 atom stereocenters. The molecule has 1 aromatic heterocycles. The summed E-state index contributed by atoms with van der Waals surface area (Å²) in [4.78, 5) is -0.618. The number of aromatic hydroxyl groups is 1. The Morgan fingerprint density at radius 3 is 2.77 bits per heavy atom. The van der Waals surface area contributed by atoms with Gasteiger partial charge in [0, 0.05) is 17.2 Å². The number of hydrogen-bond donors (Lipinski definition) is 1. The van der Waals surface area contributed by atoms with E-state index in [2.05, 4.69) is 0 Å². The molecule has 0 spiro atoms. The molecule has 9 heteroatoms. The third-order valence-corrected chi connectivity index (χ3v) is 4.68. The van der Waals surface area contributed by atoms with Crippen molar-refractivity contribution >= 4 is 21.5 Å². The number of phenols is 1. The van der Waals surface area contributed by atoms with Gasteiger partial charge in [-0.05, 0) is 11.6 Å². The van der Waals surface area contributed by atoms with Gasteiger partial charge in [-0.3, -0.25) is 0 Å². The zero-order valence-corrected chi connectivity index (χ0v) is 15.3. The number of phenolic OH excluding ortho intramolecular Hbond substituents is 1. The van der Waals surface area contributed by atoms with Gasteiger partial charge in [-0.25, -0.2) is 8.42 Å². The first-order valence-electron chi connectivity index (χ1n) is 6.07. The Labute approximate surface area is 153 Å². The van der Waals surface area contributed by atoms with Crippen molar-refractivity contribution in [3.8, 4) is 17.2 Å². The van der Waals surface area contributed by atoms with Crippen LogP contribution in [0.25, 0.3) is 0 Å². The summed E-state index contributed by atoms with van der Waals surface area (Å²) in [6, 6.07) is 4.05. The van der Waals surface area contributed by atoms with E-state index in [0.29, 0.717) is 17.1 Å². The van der Waals surface area contributed by atoms with E-state index in [4.69, 9.17) is 9.47 Å². The van der Waals surface area contributed by atoms with Crippen LogP contribution in [0.4, 0.5) is 0 Å². The van der Waals surface area contributed by atoms with Gasteiger partial charge in [0.05, 0.1) is 4.90 Å². The topological polar surface area (TPSA) is 95.9 Å². The van der Waals surface area contributed by atoms with Gasteiger partial charge in [-0.2, -0.15) is 0 Å². The SMILES string of the molecule is O=S(=O)([O-])c1cccc(CC2COc3cscc3O2)c1O.[Na+]. The molecule has 0 saturated carbocycles. The van der Waals surface area contributed by atoms with Gasteiger partial charge in [0.1, 0.15) is 28.6 Å². The second-order valence-electron chi connectivity index (χ2n) is 4.57. The molecule has 1 aromatic carbocycles. The van der Waals surface area contributed by atoms with Crippen molar-refractivity contribution < 1.29 is 57.1 Å². The van der Waals surface area contributed by atoms with Crippen LogP contribution in [0, 0.1) is 0 Å². The van der Waals surface area contributed by atoms with Crippen molar-refractivity contribution in [1.82, 2.24) is 0 Å². The number of ether oxygens (including phenoxy) is 2. The summed E-state index contributed by atoms with van der Waals surface area (Å²) >= 11 is 1.45. The van der Waals surface area contributed by atoms with Crippen LogP contribution in [0.5, 0.6) is 17.2 Å². The van der Waals surface area contributed by atoms with Crippen LogP contribution in [0.3, 0.4) is 0 Å². The number of rotatable bonds is 3. The first kappa shape index (κ1) is 17.6. The minimum atomic E-state index is -4.71. The monoisotopic (exact) mass is 350 g/mol. The first-order chi connectivity index (χ1) is 9.95. The zero-order chi connectivity index (χ0) is 15.0. The molecule has 2 heterocycles. The molecule has 22 heavy (non-hydrogen) atoms. The zero-order valence-electron chi connectivity index (χ0n) is 11.7. The largest absolute Gasteiger partial charge is 1.00 e. The van der Waals surface area contributed by atoms with Crippen LogP contribution in [-0.4, -0.2) is 30.8 Å². The Bertz CT molecular complexity index is 771. The van der Waals surface area contributed by atoms with Crippen molar-refractivity contribution in [3.63, 3.8) is 0 Å². The molecule has 1 N–H and O–H groups in total. The molecule has 2 aromatic rings. The Morgan fingerprint density at radius 2 is 2.05 bits per heavy atom. The number of hydrogen-bond acceptors (Lipinski definition) is 7. The second kappa shape index (κ2) is 6.77. The molecule has 0 bridgehead atoms. The molecule has 0 saturated heterocycles. The fourth-order valence-electron chi connectivity index (χ4n) is 2.14. The Kier molecular flexibility index (Phi) is 5.41. The van der Waals surface area contributed by atoms with Crippen molar-refractivity contribution in [2.75, 3.05) is 6.61 Å². The third-order valence-electron chi connectivity index (χ3n) is 3.11. The van der Waals surface area contributed by atoms with Crippen LogP contribution in [0.1, 0.15) is 5.56 Å². The molecule has 0 amide bonds. The van der Waals surface area contributed by atoms with E-state index < -0.39 is 20.8 Å². The Hall–Kier alpha value is -0.770. The van der Waals surface area contributed by atoms with Crippen LogP contribution in [-0.2, 0) is 16.5 Å². The Balaban J connectivity index is 0.00000176. The molecule has 112 valence electrons. The Morgan fingerprint density at radius 1 is 1.32 bits per heavy atom. The standard InChI is InChI=1S/C13H12O6S2.Na/c14-13-8(2-1-3-12(13)21(15,16)17)4-9-5-18-10-6-20-7-11(10)19-9;/h1-3,6-7,9,14H,4-5H2,(H,15,16,17);/q;+1/p-1. The number of para-hydroxylation sites is 1. The number of benzene rings is 1. The third kappa shape index (κ3) is 3.58. The minimum Gasteiger partial charge on any atom is -0.744 e.